The van der Waals surface area contributed by atoms with Crippen LogP contribution in [0.1, 0.15) is 5.56 Å². The number of carboxylic acids is 1. The van der Waals surface area contributed by atoms with E-state index in [9.17, 15) is 13.2 Å². The first kappa shape index (κ1) is 13.1. The molecule has 2 rings (SSSR count). The highest BCUT2D eigenvalue weighted by atomic mass is 32.2. The standard InChI is InChI=1S/C11H11N3O4S/c15-11(16)7-8-2-1-3-9(6-8)14-19(17,18)10-4-5-12-13-10/h1-6,14H,7H2,(H,12,13)(H,15,16). The van der Waals surface area contributed by atoms with Gasteiger partial charge >= 0.3 is 5.97 Å². The van der Waals surface area contributed by atoms with Crippen molar-refractivity contribution in [2.75, 3.05) is 4.72 Å². The summed E-state index contributed by atoms with van der Waals surface area (Å²) in [5.41, 5.74) is 0.811. The fourth-order valence-corrected chi connectivity index (χ4v) is 2.48. The Hall–Kier alpha value is -2.35. The topological polar surface area (TPSA) is 112 Å². The lowest BCUT2D eigenvalue weighted by molar-refractivity contribution is -0.136. The van der Waals surface area contributed by atoms with Gasteiger partial charge in [0.05, 0.1) is 12.6 Å². The summed E-state index contributed by atoms with van der Waals surface area (Å²) in [6.45, 7) is 0. The van der Waals surface area contributed by atoms with Crippen molar-refractivity contribution in [2.24, 2.45) is 0 Å². The minimum absolute atomic E-state index is 0.0591. The van der Waals surface area contributed by atoms with Crippen LogP contribution in [-0.2, 0) is 21.2 Å². The number of rotatable bonds is 5. The summed E-state index contributed by atoms with van der Waals surface area (Å²) < 4.78 is 26.1. The summed E-state index contributed by atoms with van der Waals surface area (Å²) in [6.07, 6.45) is 1.16. The van der Waals surface area contributed by atoms with E-state index >= 15 is 0 Å². The Morgan fingerprint density at radius 2 is 2.16 bits per heavy atom. The summed E-state index contributed by atoms with van der Waals surface area (Å²) >= 11 is 0. The second kappa shape index (κ2) is 5.11. The van der Waals surface area contributed by atoms with Crippen molar-refractivity contribution in [1.29, 1.82) is 0 Å². The molecule has 1 heterocycles. The van der Waals surface area contributed by atoms with Crippen LogP contribution in [0, 0.1) is 0 Å². The Bertz CT molecular complexity index is 680. The summed E-state index contributed by atoms with van der Waals surface area (Å²) in [7, 11) is -3.73. The Morgan fingerprint density at radius 3 is 2.79 bits per heavy atom. The van der Waals surface area contributed by atoms with E-state index in [0.29, 0.717) is 11.3 Å². The first-order valence-electron chi connectivity index (χ1n) is 5.30. The molecule has 0 amide bonds. The van der Waals surface area contributed by atoms with E-state index in [1.165, 1.54) is 18.3 Å². The molecular weight excluding hydrogens is 270 g/mol. The molecule has 1 aromatic heterocycles. The van der Waals surface area contributed by atoms with Gasteiger partial charge in [-0.2, -0.15) is 13.5 Å². The van der Waals surface area contributed by atoms with Gasteiger partial charge in [0.1, 0.15) is 0 Å². The second-order valence-corrected chi connectivity index (χ2v) is 5.45. The zero-order valence-electron chi connectivity index (χ0n) is 9.70. The Labute approximate surface area is 109 Å². The lowest BCUT2D eigenvalue weighted by Gasteiger charge is -2.07. The number of carboxylic acid groups (broad SMARTS) is 1. The molecule has 0 aliphatic heterocycles. The van der Waals surface area contributed by atoms with Gasteiger partial charge in [-0.1, -0.05) is 12.1 Å². The number of hydrogen-bond donors (Lipinski definition) is 3. The average Bonchev–Trinajstić information content (AvgIpc) is 2.81. The normalized spacial score (nSPS) is 11.2. The second-order valence-electron chi connectivity index (χ2n) is 3.80. The minimum atomic E-state index is -3.73. The van der Waals surface area contributed by atoms with Crippen molar-refractivity contribution in [1.82, 2.24) is 10.2 Å². The molecule has 1 aromatic carbocycles. The molecular formula is C11H11N3O4S. The number of benzene rings is 1. The predicted molar refractivity (Wildman–Crippen MR) is 67.2 cm³/mol. The smallest absolute Gasteiger partial charge is 0.307 e. The van der Waals surface area contributed by atoms with Crippen LogP contribution >= 0.6 is 0 Å². The van der Waals surface area contributed by atoms with Gasteiger partial charge < -0.3 is 5.11 Å². The lowest BCUT2D eigenvalue weighted by atomic mass is 10.1. The van der Waals surface area contributed by atoms with Gasteiger partial charge in [0.25, 0.3) is 10.0 Å². The van der Waals surface area contributed by atoms with E-state index in [0.717, 1.165) is 0 Å². The number of H-pyrrole nitrogens is 1. The van der Waals surface area contributed by atoms with E-state index in [1.807, 2.05) is 0 Å². The zero-order valence-corrected chi connectivity index (χ0v) is 10.5. The number of sulfonamides is 1. The molecule has 0 radical (unpaired) electrons. The summed E-state index contributed by atoms with van der Waals surface area (Å²) in [6, 6.07) is 7.54. The van der Waals surface area contributed by atoms with Crippen molar-refractivity contribution >= 4 is 21.7 Å². The van der Waals surface area contributed by atoms with E-state index in [2.05, 4.69) is 14.9 Å². The molecule has 0 saturated heterocycles. The maximum absolute atomic E-state index is 11.9. The molecule has 2 aromatic rings. The van der Waals surface area contributed by atoms with Crippen LogP contribution in [-0.4, -0.2) is 29.7 Å². The van der Waals surface area contributed by atoms with Crippen LogP contribution in [0.4, 0.5) is 5.69 Å². The highest BCUT2D eigenvalue weighted by Crippen LogP contribution is 2.16. The SMILES string of the molecule is O=C(O)Cc1cccc(NS(=O)(=O)c2ccn[nH]2)c1. The van der Waals surface area contributed by atoms with Gasteiger partial charge in [0.2, 0.25) is 0 Å². The Balaban J connectivity index is 2.22. The lowest BCUT2D eigenvalue weighted by Crippen LogP contribution is -2.13. The molecule has 100 valence electrons. The average molecular weight is 281 g/mol. The van der Waals surface area contributed by atoms with Crippen LogP contribution in [0.3, 0.4) is 0 Å². The van der Waals surface area contributed by atoms with E-state index in [-0.39, 0.29) is 11.4 Å². The highest BCUT2D eigenvalue weighted by Gasteiger charge is 2.15. The predicted octanol–water partition coefficient (Wildman–Crippen LogP) is 0.838. The van der Waals surface area contributed by atoms with Crippen molar-refractivity contribution in [3.05, 3.63) is 42.1 Å². The first-order valence-corrected chi connectivity index (χ1v) is 6.78. The largest absolute Gasteiger partial charge is 0.481 e. The van der Waals surface area contributed by atoms with Gasteiger partial charge in [-0.05, 0) is 23.8 Å². The van der Waals surface area contributed by atoms with Gasteiger partial charge in [0, 0.05) is 5.69 Å². The van der Waals surface area contributed by atoms with Crippen LogP contribution < -0.4 is 4.72 Å². The van der Waals surface area contributed by atoms with Gasteiger partial charge in [-0.15, -0.1) is 0 Å². The Morgan fingerprint density at radius 1 is 1.37 bits per heavy atom. The molecule has 8 heteroatoms. The molecule has 0 aliphatic carbocycles. The van der Waals surface area contributed by atoms with Crippen molar-refractivity contribution in [2.45, 2.75) is 11.4 Å². The number of anilines is 1. The van der Waals surface area contributed by atoms with Crippen molar-refractivity contribution in [3.8, 4) is 0 Å². The number of aliphatic carboxylic acids is 1. The maximum atomic E-state index is 11.9. The van der Waals surface area contributed by atoms with Crippen LogP contribution in [0.25, 0.3) is 0 Å². The highest BCUT2D eigenvalue weighted by molar-refractivity contribution is 7.92. The number of nitrogens with one attached hydrogen (secondary N) is 2. The first-order chi connectivity index (χ1) is 8.97. The molecule has 0 saturated carbocycles. The Kier molecular flexibility index (Phi) is 3.52. The third kappa shape index (κ3) is 3.32. The molecule has 0 aliphatic rings. The molecule has 7 nitrogen and oxygen atoms in total. The van der Waals surface area contributed by atoms with Crippen LogP contribution in [0.5, 0.6) is 0 Å². The van der Waals surface area contributed by atoms with E-state index in [1.54, 1.807) is 18.2 Å². The number of hydrogen-bond acceptors (Lipinski definition) is 4. The molecule has 0 bridgehead atoms. The van der Waals surface area contributed by atoms with E-state index in [4.69, 9.17) is 5.11 Å². The fourth-order valence-electron chi connectivity index (χ4n) is 1.52. The fraction of sp³-hybridized carbons (Fsp3) is 0.0909. The zero-order chi connectivity index (χ0) is 13.9. The van der Waals surface area contributed by atoms with Crippen LogP contribution in [0.2, 0.25) is 0 Å². The molecule has 0 atom stereocenters. The molecule has 0 unspecified atom stereocenters. The van der Waals surface area contributed by atoms with Crippen molar-refractivity contribution < 1.29 is 18.3 Å². The number of aromatic amines is 1. The molecule has 3 N–H and O–H groups in total. The van der Waals surface area contributed by atoms with Crippen molar-refractivity contribution in [3.63, 3.8) is 0 Å². The monoisotopic (exact) mass is 281 g/mol. The van der Waals surface area contributed by atoms with Gasteiger partial charge in [0.15, 0.2) is 5.03 Å². The maximum Gasteiger partial charge on any atom is 0.307 e. The van der Waals surface area contributed by atoms with Crippen LogP contribution in [0.15, 0.2) is 41.6 Å². The molecule has 0 fully saturated rings. The third-order valence-corrected chi connectivity index (χ3v) is 3.61. The number of nitrogens with zero attached hydrogens (tertiary/aromatic N) is 1. The number of carbonyl (C=O) groups is 1. The summed E-state index contributed by atoms with van der Waals surface area (Å²) in [5, 5.41) is 14.5. The van der Waals surface area contributed by atoms with E-state index < -0.39 is 16.0 Å². The summed E-state index contributed by atoms with van der Waals surface area (Å²) in [5.74, 6) is -0.978. The van der Waals surface area contributed by atoms with Gasteiger partial charge in [-0.3, -0.25) is 14.6 Å². The minimum Gasteiger partial charge on any atom is -0.481 e. The molecule has 19 heavy (non-hydrogen) atoms. The molecule has 0 spiro atoms. The quantitative estimate of drug-likeness (QED) is 0.751. The number of aromatic nitrogens is 2. The third-order valence-electron chi connectivity index (χ3n) is 2.30. The van der Waals surface area contributed by atoms with Gasteiger partial charge in [-0.25, -0.2) is 0 Å². The summed E-state index contributed by atoms with van der Waals surface area (Å²) in [4.78, 5) is 10.6.